The number of aliphatic hydroxyl groups is 1. The highest BCUT2D eigenvalue weighted by Crippen LogP contribution is 2.19. The van der Waals surface area contributed by atoms with Gasteiger partial charge in [-0.2, -0.15) is 0 Å². The van der Waals surface area contributed by atoms with Gasteiger partial charge in [-0.15, -0.1) is 0 Å². The normalized spacial score (nSPS) is 21.6. The number of β-amino-alcohol motifs (C(OH)–C–C–N with tert-alkyl or cyclic N) is 1. The number of hydrogen-bond acceptors (Lipinski definition) is 6. The summed E-state index contributed by atoms with van der Waals surface area (Å²) < 4.78 is 10.6. The van der Waals surface area contributed by atoms with Crippen LogP contribution in [0.25, 0.3) is 0 Å². The number of aliphatic hydroxyl groups excluding tert-OH is 1. The Bertz CT molecular complexity index is 800. The van der Waals surface area contributed by atoms with Gasteiger partial charge in [0.2, 0.25) is 5.56 Å². The standard InChI is InChI=1S/C19H23N3O5/c1-26-14-5-2-12(3-6-14)8-15-18(16(23)11-20-15)27-19(25)22-10-13-4-7-17(24)21-9-13/h2-7,9,15-16,18,20,23H,8,10-11H2,1H3,(H,21,24)(H,22,25)/t15-,16+,18+/m1/s1. The molecule has 1 fully saturated rings. The monoisotopic (exact) mass is 373 g/mol. The van der Waals surface area contributed by atoms with Crippen molar-refractivity contribution >= 4 is 6.09 Å². The van der Waals surface area contributed by atoms with Crippen molar-refractivity contribution in [3.63, 3.8) is 0 Å². The van der Waals surface area contributed by atoms with Gasteiger partial charge in [-0.3, -0.25) is 4.79 Å². The van der Waals surface area contributed by atoms with Gasteiger partial charge < -0.3 is 30.2 Å². The molecule has 4 N–H and O–H groups in total. The molecule has 1 aromatic carbocycles. The first-order valence-electron chi connectivity index (χ1n) is 8.71. The molecule has 8 nitrogen and oxygen atoms in total. The Labute approximate surface area is 156 Å². The first kappa shape index (κ1) is 18.9. The molecular weight excluding hydrogens is 350 g/mol. The molecule has 1 saturated heterocycles. The molecule has 3 atom stereocenters. The number of pyridine rings is 1. The smallest absolute Gasteiger partial charge is 0.407 e. The quantitative estimate of drug-likeness (QED) is 0.588. The van der Waals surface area contributed by atoms with Crippen molar-refractivity contribution in [1.82, 2.24) is 15.6 Å². The van der Waals surface area contributed by atoms with Crippen LogP contribution in [-0.4, -0.2) is 48.1 Å². The number of nitrogens with one attached hydrogen (secondary N) is 3. The maximum absolute atomic E-state index is 12.1. The topological polar surface area (TPSA) is 113 Å². The molecule has 0 aliphatic carbocycles. The molecule has 0 unspecified atom stereocenters. The molecule has 0 spiro atoms. The maximum Gasteiger partial charge on any atom is 0.407 e. The van der Waals surface area contributed by atoms with E-state index in [4.69, 9.17) is 9.47 Å². The summed E-state index contributed by atoms with van der Waals surface area (Å²) in [6, 6.07) is 10.4. The van der Waals surface area contributed by atoms with Gasteiger partial charge in [-0.25, -0.2) is 4.79 Å². The van der Waals surface area contributed by atoms with Crippen LogP contribution in [0, 0.1) is 0 Å². The third-order valence-corrected chi connectivity index (χ3v) is 4.51. The van der Waals surface area contributed by atoms with E-state index in [0.29, 0.717) is 13.0 Å². The number of benzene rings is 1. The molecule has 1 aliphatic rings. The zero-order valence-electron chi connectivity index (χ0n) is 15.0. The van der Waals surface area contributed by atoms with E-state index in [1.54, 1.807) is 13.2 Å². The van der Waals surface area contributed by atoms with Gasteiger partial charge in [-0.1, -0.05) is 18.2 Å². The van der Waals surface area contributed by atoms with Crippen LogP contribution in [0.3, 0.4) is 0 Å². The maximum atomic E-state index is 12.1. The van der Waals surface area contributed by atoms with E-state index < -0.39 is 18.3 Å². The second-order valence-corrected chi connectivity index (χ2v) is 6.42. The Morgan fingerprint density at radius 2 is 1.96 bits per heavy atom. The summed E-state index contributed by atoms with van der Waals surface area (Å²) in [5.41, 5.74) is 1.58. The Kier molecular flexibility index (Phi) is 6.10. The SMILES string of the molecule is COc1ccc(C[C@H]2NC[C@H](O)[C@H]2OC(=O)NCc2ccc(=O)[nH]c2)cc1. The summed E-state index contributed by atoms with van der Waals surface area (Å²) in [5.74, 6) is 0.771. The lowest BCUT2D eigenvalue weighted by atomic mass is 10.0. The summed E-state index contributed by atoms with van der Waals surface area (Å²) in [5, 5.41) is 16.0. The first-order valence-corrected chi connectivity index (χ1v) is 8.71. The fourth-order valence-corrected chi connectivity index (χ4v) is 3.03. The van der Waals surface area contributed by atoms with Crippen LogP contribution < -0.4 is 20.9 Å². The van der Waals surface area contributed by atoms with Crippen molar-refractivity contribution < 1.29 is 19.4 Å². The van der Waals surface area contributed by atoms with E-state index in [-0.39, 0.29) is 18.1 Å². The van der Waals surface area contributed by atoms with E-state index in [1.165, 1.54) is 12.3 Å². The number of aromatic amines is 1. The minimum absolute atomic E-state index is 0.188. The summed E-state index contributed by atoms with van der Waals surface area (Å²) in [7, 11) is 1.61. The molecule has 1 aliphatic heterocycles. The fraction of sp³-hybridized carbons (Fsp3) is 0.368. The highest BCUT2D eigenvalue weighted by atomic mass is 16.6. The summed E-state index contributed by atoms with van der Waals surface area (Å²) in [6.45, 7) is 0.577. The second-order valence-electron chi connectivity index (χ2n) is 6.42. The minimum atomic E-state index is -0.771. The van der Waals surface area contributed by atoms with Crippen molar-refractivity contribution in [2.75, 3.05) is 13.7 Å². The average molecular weight is 373 g/mol. The van der Waals surface area contributed by atoms with E-state index in [1.807, 2.05) is 24.3 Å². The number of hydrogen-bond donors (Lipinski definition) is 4. The van der Waals surface area contributed by atoms with Gasteiger partial charge in [0, 0.05) is 25.4 Å². The van der Waals surface area contributed by atoms with Crippen molar-refractivity contribution in [3.8, 4) is 5.75 Å². The average Bonchev–Trinajstić information content (AvgIpc) is 3.01. The van der Waals surface area contributed by atoms with Gasteiger partial charge >= 0.3 is 6.09 Å². The number of aromatic nitrogens is 1. The molecule has 27 heavy (non-hydrogen) atoms. The third-order valence-electron chi connectivity index (χ3n) is 4.51. The highest BCUT2D eigenvalue weighted by Gasteiger charge is 2.37. The molecule has 1 aromatic heterocycles. The number of rotatable bonds is 6. The van der Waals surface area contributed by atoms with Crippen LogP contribution in [0.5, 0.6) is 5.75 Å². The Morgan fingerprint density at radius 1 is 1.22 bits per heavy atom. The number of amides is 1. The molecule has 144 valence electrons. The fourth-order valence-electron chi connectivity index (χ4n) is 3.03. The molecule has 2 aromatic rings. The van der Waals surface area contributed by atoms with E-state index in [9.17, 15) is 14.7 Å². The number of H-pyrrole nitrogens is 1. The summed E-state index contributed by atoms with van der Waals surface area (Å²) in [4.78, 5) is 25.7. The number of carbonyl (C=O) groups excluding carboxylic acids is 1. The first-order chi connectivity index (χ1) is 13.0. The Morgan fingerprint density at radius 3 is 2.63 bits per heavy atom. The number of methoxy groups -OCH3 is 1. The lowest BCUT2D eigenvalue weighted by Gasteiger charge is -2.22. The predicted octanol–water partition coefficient (Wildman–Crippen LogP) is 0.554. The molecule has 0 radical (unpaired) electrons. The molecule has 0 saturated carbocycles. The van der Waals surface area contributed by atoms with Gasteiger partial charge in [0.25, 0.3) is 0 Å². The zero-order valence-corrected chi connectivity index (χ0v) is 15.0. The summed E-state index contributed by atoms with van der Waals surface area (Å²) >= 11 is 0. The van der Waals surface area contributed by atoms with E-state index >= 15 is 0 Å². The molecule has 3 rings (SSSR count). The van der Waals surface area contributed by atoms with Crippen molar-refractivity contribution in [2.45, 2.75) is 31.2 Å². The predicted molar refractivity (Wildman–Crippen MR) is 98.7 cm³/mol. The van der Waals surface area contributed by atoms with Crippen LogP contribution in [-0.2, 0) is 17.7 Å². The van der Waals surface area contributed by atoms with Crippen LogP contribution >= 0.6 is 0 Å². The van der Waals surface area contributed by atoms with Gasteiger partial charge in [0.05, 0.1) is 13.2 Å². The van der Waals surface area contributed by atoms with E-state index in [0.717, 1.165) is 16.9 Å². The lowest BCUT2D eigenvalue weighted by Crippen LogP contribution is -2.41. The summed E-state index contributed by atoms with van der Waals surface area (Å²) in [6.07, 6.45) is 0.100. The van der Waals surface area contributed by atoms with Gasteiger partial charge in [0.15, 0.2) is 0 Å². The van der Waals surface area contributed by atoms with Crippen LogP contribution in [0.1, 0.15) is 11.1 Å². The molecule has 8 heteroatoms. The number of carbonyl (C=O) groups is 1. The number of alkyl carbamates (subject to hydrolysis) is 1. The largest absolute Gasteiger partial charge is 0.497 e. The van der Waals surface area contributed by atoms with Crippen molar-refractivity contribution in [2.24, 2.45) is 0 Å². The third kappa shape index (κ3) is 5.08. The van der Waals surface area contributed by atoms with E-state index in [2.05, 4.69) is 15.6 Å². The zero-order chi connectivity index (χ0) is 19.2. The minimum Gasteiger partial charge on any atom is -0.497 e. The van der Waals surface area contributed by atoms with Crippen LogP contribution in [0.2, 0.25) is 0 Å². The Hall–Kier alpha value is -2.84. The second kappa shape index (κ2) is 8.70. The van der Waals surface area contributed by atoms with Crippen molar-refractivity contribution in [3.05, 3.63) is 64.1 Å². The van der Waals surface area contributed by atoms with Gasteiger partial charge in [0.1, 0.15) is 18.0 Å². The molecular formula is C19H23N3O5. The molecule has 2 heterocycles. The lowest BCUT2D eigenvalue weighted by molar-refractivity contribution is 0.0188. The highest BCUT2D eigenvalue weighted by molar-refractivity contribution is 5.67. The van der Waals surface area contributed by atoms with Crippen LogP contribution in [0.15, 0.2) is 47.4 Å². The van der Waals surface area contributed by atoms with Gasteiger partial charge in [-0.05, 0) is 29.7 Å². The molecule has 1 amide bonds. The van der Waals surface area contributed by atoms with Crippen LogP contribution in [0.4, 0.5) is 4.79 Å². The molecule has 0 bridgehead atoms. The number of ether oxygens (including phenoxy) is 2. The Balaban J connectivity index is 1.55. The van der Waals surface area contributed by atoms with Crippen molar-refractivity contribution in [1.29, 1.82) is 0 Å².